The second-order valence-corrected chi connectivity index (χ2v) is 9.15. The first-order chi connectivity index (χ1) is 12.8. The second-order valence-electron chi connectivity index (χ2n) is 5.52. The smallest absolute Gasteiger partial charge is 0.301 e. The summed E-state index contributed by atoms with van der Waals surface area (Å²) in [6, 6.07) is 7.55. The zero-order valence-corrected chi connectivity index (χ0v) is 15.6. The highest BCUT2D eigenvalue weighted by Gasteiger charge is 2.27. The Balaban J connectivity index is 1.71. The number of morpholine rings is 1. The van der Waals surface area contributed by atoms with Crippen LogP contribution >= 0.6 is 0 Å². The highest BCUT2D eigenvalue weighted by Crippen LogP contribution is 2.19. The quantitative estimate of drug-likeness (QED) is 0.630. The minimum Gasteiger partial charge on any atom is -0.459 e. The van der Waals surface area contributed by atoms with Gasteiger partial charge in [-0.25, -0.2) is 16.8 Å². The lowest BCUT2D eigenvalue weighted by Crippen LogP contribution is -2.41. The van der Waals surface area contributed by atoms with Crippen LogP contribution < -0.4 is 10.3 Å². The van der Waals surface area contributed by atoms with Crippen molar-refractivity contribution in [3.63, 3.8) is 0 Å². The van der Waals surface area contributed by atoms with E-state index in [2.05, 4.69) is 0 Å². The van der Waals surface area contributed by atoms with Crippen molar-refractivity contribution in [2.24, 2.45) is 0 Å². The molecule has 0 saturated carbocycles. The number of carbonyl (C=O) groups excluding carboxylic acids is 1. The fourth-order valence-electron chi connectivity index (χ4n) is 2.37. The molecule has 0 radical (unpaired) electrons. The molecule has 10 nitrogen and oxygen atoms in total. The molecule has 1 amide bonds. The first kappa shape index (κ1) is 19.5. The number of nitrogens with one attached hydrogen (secondary N) is 2. The van der Waals surface area contributed by atoms with Crippen molar-refractivity contribution in [1.29, 1.82) is 0 Å². The van der Waals surface area contributed by atoms with Gasteiger partial charge in [0.2, 0.25) is 10.0 Å². The third-order valence-corrected chi connectivity index (χ3v) is 6.96. The van der Waals surface area contributed by atoms with Crippen LogP contribution in [-0.2, 0) is 24.8 Å². The largest absolute Gasteiger partial charge is 0.459 e. The Morgan fingerprint density at radius 2 is 1.59 bits per heavy atom. The van der Waals surface area contributed by atoms with Crippen molar-refractivity contribution in [1.82, 2.24) is 14.6 Å². The van der Waals surface area contributed by atoms with Gasteiger partial charge in [-0.05, 0) is 36.4 Å². The second kappa shape index (κ2) is 7.78. The van der Waals surface area contributed by atoms with Crippen molar-refractivity contribution in [2.45, 2.75) is 9.79 Å². The van der Waals surface area contributed by atoms with Crippen molar-refractivity contribution in [3.8, 4) is 0 Å². The molecular formula is C15H17N3O7S2. The first-order valence-electron chi connectivity index (χ1n) is 7.84. The summed E-state index contributed by atoms with van der Waals surface area (Å²) in [5.41, 5.74) is 2.01. The summed E-state index contributed by atoms with van der Waals surface area (Å²) in [4.78, 5) is 13.4. The van der Waals surface area contributed by atoms with Crippen LogP contribution in [0.15, 0.2) is 56.9 Å². The van der Waals surface area contributed by atoms with Gasteiger partial charge in [0, 0.05) is 13.1 Å². The van der Waals surface area contributed by atoms with E-state index < -0.39 is 26.0 Å². The van der Waals surface area contributed by atoms with Crippen LogP contribution in [0.4, 0.5) is 0 Å². The van der Waals surface area contributed by atoms with Gasteiger partial charge in [-0.3, -0.25) is 10.2 Å². The summed E-state index contributed by atoms with van der Waals surface area (Å²) in [5.74, 6) is -0.834. The zero-order chi connectivity index (χ0) is 19.5. The van der Waals surface area contributed by atoms with Crippen LogP contribution in [0.5, 0.6) is 0 Å². The number of rotatable bonds is 6. The fourth-order valence-corrected chi connectivity index (χ4v) is 4.62. The molecule has 0 spiro atoms. The summed E-state index contributed by atoms with van der Waals surface area (Å²) in [6.45, 7) is 1.10. The maximum absolute atomic E-state index is 12.5. The van der Waals surface area contributed by atoms with Crippen LogP contribution in [0.2, 0.25) is 0 Å². The number of ether oxygens (including phenoxy) is 1. The number of nitrogens with zero attached hydrogens (tertiary/aromatic N) is 1. The lowest BCUT2D eigenvalue weighted by molar-refractivity contribution is 0.0730. The number of sulfonamides is 2. The number of hydrogen-bond acceptors (Lipinski definition) is 7. The molecule has 1 aromatic carbocycles. The molecule has 2 aromatic rings. The Morgan fingerprint density at radius 1 is 0.963 bits per heavy atom. The molecule has 1 aliphatic rings. The number of carbonyl (C=O) groups is 1. The molecule has 12 heteroatoms. The molecule has 2 N–H and O–H groups in total. The summed E-state index contributed by atoms with van der Waals surface area (Å²) < 4.78 is 60.8. The Bertz CT molecular complexity index is 994. The van der Waals surface area contributed by atoms with Gasteiger partial charge in [0.1, 0.15) is 0 Å². The van der Waals surface area contributed by atoms with Crippen LogP contribution in [0.1, 0.15) is 10.6 Å². The van der Waals surface area contributed by atoms with Gasteiger partial charge in [0.15, 0.2) is 5.76 Å². The van der Waals surface area contributed by atoms with Crippen LogP contribution in [0.3, 0.4) is 0 Å². The van der Waals surface area contributed by atoms with Gasteiger partial charge in [0.25, 0.3) is 10.0 Å². The molecular weight excluding hydrogens is 398 g/mol. The van der Waals surface area contributed by atoms with Crippen molar-refractivity contribution in [2.75, 3.05) is 26.3 Å². The average Bonchev–Trinajstić information content (AvgIpc) is 3.22. The van der Waals surface area contributed by atoms with Gasteiger partial charge >= 0.3 is 5.91 Å². The van der Waals surface area contributed by atoms with E-state index in [1.54, 1.807) is 0 Å². The van der Waals surface area contributed by atoms with E-state index >= 15 is 0 Å². The minimum absolute atomic E-state index is 0.0250. The molecule has 146 valence electrons. The molecule has 0 unspecified atom stereocenters. The molecule has 1 saturated heterocycles. The number of hydrogen-bond donors (Lipinski definition) is 2. The lowest BCUT2D eigenvalue weighted by Gasteiger charge is -2.26. The molecule has 0 atom stereocenters. The standard InChI is InChI=1S/C15H17N3O7S2/c19-15(14-2-1-9-25-14)16-17-26(20,21)12-3-5-13(6-4-12)27(22,23)18-7-10-24-11-8-18/h1-6,9,17H,7-8,10-11H2,(H,16,19). The van der Waals surface area contributed by atoms with E-state index in [0.29, 0.717) is 13.2 Å². The minimum atomic E-state index is -4.09. The molecule has 27 heavy (non-hydrogen) atoms. The Kier molecular flexibility index (Phi) is 5.62. The van der Waals surface area contributed by atoms with E-state index in [-0.39, 0.29) is 28.6 Å². The van der Waals surface area contributed by atoms with E-state index in [1.165, 1.54) is 34.8 Å². The monoisotopic (exact) mass is 415 g/mol. The molecule has 3 rings (SSSR count). The van der Waals surface area contributed by atoms with Crippen LogP contribution in [0.25, 0.3) is 0 Å². The van der Waals surface area contributed by atoms with E-state index in [1.807, 2.05) is 10.3 Å². The molecule has 0 aliphatic carbocycles. The maximum Gasteiger partial charge on any atom is 0.301 e. The fraction of sp³-hybridized carbons (Fsp3) is 0.267. The average molecular weight is 415 g/mol. The van der Waals surface area contributed by atoms with Gasteiger partial charge < -0.3 is 9.15 Å². The number of furan rings is 1. The van der Waals surface area contributed by atoms with Gasteiger partial charge in [0.05, 0.1) is 29.3 Å². The van der Waals surface area contributed by atoms with E-state index in [4.69, 9.17) is 9.15 Å². The van der Waals surface area contributed by atoms with Crippen molar-refractivity contribution >= 4 is 26.0 Å². The topological polar surface area (TPSA) is 135 Å². The summed E-state index contributed by atoms with van der Waals surface area (Å²) in [6.07, 6.45) is 1.27. The van der Waals surface area contributed by atoms with Crippen molar-refractivity contribution in [3.05, 3.63) is 48.4 Å². The van der Waals surface area contributed by atoms with Gasteiger partial charge in [-0.2, -0.15) is 4.31 Å². The molecule has 1 fully saturated rings. The third kappa shape index (κ3) is 4.36. The Hall–Kier alpha value is -2.25. The third-order valence-electron chi connectivity index (χ3n) is 3.79. The SMILES string of the molecule is O=C(NNS(=O)(=O)c1ccc(S(=O)(=O)N2CCOCC2)cc1)c1ccco1. The van der Waals surface area contributed by atoms with Crippen molar-refractivity contribution < 1.29 is 30.8 Å². The molecule has 1 aromatic heterocycles. The highest BCUT2D eigenvalue weighted by molar-refractivity contribution is 7.89. The predicted molar refractivity (Wildman–Crippen MR) is 92.5 cm³/mol. The Morgan fingerprint density at radius 3 is 2.19 bits per heavy atom. The van der Waals surface area contributed by atoms with E-state index in [9.17, 15) is 21.6 Å². The number of hydrazine groups is 1. The van der Waals surface area contributed by atoms with E-state index in [0.717, 1.165) is 12.1 Å². The van der Waals surface area contributed by atoms with Crippen LogP contribution in [0, 0.1) is 0 Å². The molecule has 0 bridgehead atoms. The normalized spacial score (nSPS) is 16.1. The summed E-state index contributed by atoms with van der Waals surface area (Å²) in [5, 5.41) is 0. The highest BCUT2D eigenvalue weighted by atomic mass is 32.2. The van der Waals surface area contributed by atoms with Gasteiger partial charge in [-0.1, -0.05) is 0 Å². The lowest BCUT2D eigenvalue weighted by atomic mass is 10.4. The molecule has 1 aliphatic heterocycles. The predicted octanol–water partition coefficient (Wildman–Crippen LogP) is -0.0762. The number of amides is 1. The summed E-state index contributed by atoms with van der Waals surface area (Å²) >= 11 is 0. The molecule has 2 heterocycles. The Labute approximate surface area is 156 Å². The summed E-state index contributed by atoms with van der Waals surface area (Å²) in [7, 11) is -7.81. The first-order valence-corrected chi connectivity index (χ1v) is 10.8. The van der Waals surface area contributed by atoms with Crippen LogP contribution in [-0.4, -0.2) is 53.4 Å². The number of benzene rings is 1. The van der Waals surface area contributed by atoms with Gasteiger partial charge in [-0.15, -0.1) is 4.83 Å². The maximum atomic E-state index is 12.5. The zero-order valence-electron chi connectivity index (χ0n) is 14.0.